The number of nitrogens with two attached hydrogens (primary N) is 3. The van der Waals surface area contributed by atoms with E-state index in [4.69, 9.17) is 17.2 Å². The van der Waals surface area contributed by atoms with Crippen LogP contribution in [0.15, 0.2) is 42.9 Å². The molecule has 1 aliphatic rings. The van der Waals surface area contributed by atoms with E-state index < -0.39 is 0 Å². The molecule has 0 radical (unpaired) electrons. The van der Waals surface area contributed by atoms with E-state index in [0.29, 0.717) is 11.6 Å². The first-order valence-electron chi connectivity index (χ1n) is 7.64. The van der Waals surface area contributed by atoms with Gasteiger partial charge in [0.15, 0.2) is 0 Å². The molecule has 0 spiro atoms. The number of carbonyl (C=O) groups is 1. The van der Waals surface area contributed by atoms with Gasteiger partial charge in [-0.3, -0.25) is 4.79 Å². The van der Waals surface area contributed by atoms with E-state index in [1.54, 1.807) is 25.4 Å². The van der Waals surface area contributed by atoms with Crippen molar-refractivity contribution >= 4 is 23.2 Å². The number of rotatable bonds is 1. The fourth-order valence-electron chi connectivity index (χ4n) is 2.51. The van der Waals surface area contributed by atoms with Gasteiger partial charge in [-0.15, -0.1) is 0 Å². The van der Waals surface area contributed by atoms with Gasteiger partial charge < -0.3 is 22.1 Å². The summed E-state index contributed by atoms with van der Waals surface area (Å²) in [4.78, 5) is 20.6. The molecule has 0 fully saturated rings. The third-order valence-electron chi connectivity index (χ3n) is 3.68. The zero-order chi connectivity index (χ0) is 17.5. The maximum absolute atomic E-state index is 11.5. The van der Waals surface area contributed by atoms with Crippen molar-refractivity contribution in [2.24, 2.45) is 11.5 Å². The highest BCUT2D eigenvalue weighted by atomic mass is 16.2. The number of benzene rings is 1. The molecule has 0 aliphatic carbocycles. The first-order valence-corrected chi connectivity index (χ1v) is 7.64. The highest BCUT2D eigenvalue weighted by Crippen LogP contribution is 2.29. The van der Waals surface area contributed by atoms with Crippen LogP contribution < -0.4 is 22.1 Å². The summed E-state index contributed by atoms with van der Waals surface area (Å²) >= 11 is 0. The second kappa shape index (κ2) is 7.96. The van der Waals surface area contributed by atoms with Crippen LogP contribution >= 0.6 is 0 Å². The molecule has 0 bridgehead atoms. The molecule has 2 aromatic rings. The Morgan fingerprint density at radius 2 is 2.00 bits per heavy atom. The molecule has 7 nitrogen and oxygen atoms in total. The maximum atomic E-state index is 11.5. The van der Waals surface area contributed by atoms with Crippen LogP contribution in [0, 0.1) is 0 Å². The predicted molar refractivity (Wildman–Crippen MR) is 95.6 cm³/mol. The third-order valence-corrected chi connectivity index (χ3v) is 3.68. The Morgan fingerprint density at radius 3 is 2.54 bits per heavy atom. The van der Waals surface area contributed by atoms with Crippen LogP contribution in [0.1, 0.15) is 24.5 Å². The number of aryl methyl sites for hydroxylation is 1. The first-order chi connectivity index (χ1) is 11.5. The van der Waals surface area contributed by atoms with Gasteiger partial charge in [-0.2, -0.15) is 0 Å². The number of fused-ring (bicyclic) bond motifs is 1. The van der Waals surface area contributed by atoms with Gasteiger partial charge in [-0.05, 0) is 42.2 Å². The molecule has 1 amide bonds. The number of amides is 1. The summed E-state index contributed by atoms with van der Waals surface area (Å²) in [7, 11) is 0. The molecule has 1 aliphatic heterocycles. The summed E-state index contributed by atoms with van der Waals surface area (Å²) in [5, 5.41) is 0. The summed E-state index contributed by atoms with van der Waals surface area (Å²) in [5.74, 6) is 0.406. The topological polar surface area (TPSA) is 124 Å². The van der Waals surface area contributed by atoms with Crippen LogP contribution in [0.2, 0.25) is 0 Å². The number of carbonyl (C=O) groups excluding carboxylic acids is 1. The SMILES string of the molecule is CC(=O)N1CCCc2cc(/C(N)=C/N)ccc21.Nc1ncccn1. The highest BCUT2D eigenvalue weighted by Gasteiger charge is 2.20. The molecular formula is C17H22N6O. The van der Waals surface area contributed by atoms with E-state index in [1.165, 1.54) is 6.20 Å². The van der Waals surface area contributed by atoms with Crippen molar-refractivity contribution in [2.45, 2.75) is 19.8 Å². The lowest BCUT2D eigenvalue weighted by atomic mass is 9.98. The normalized spacial score (nSPS) is 13.5. The van der Waals surface area contributed by atoms with Gasteiger partial charge in [0.2, 0.25) is 11.9 Å². The number of hydrogen-bond donors (Lipinski definition) is 3. The first kappa shape index (κ1) is 17.3. The molecule has 0 saturated heterocycles. The van der Waals surface area contributed by atoms with Gasteiger partial charge in [0.05, 0.1) is 5.70 Å². The molecule has 3 rings (SSSR count). The minimum Gasteiger partial charge on any atom is -0.403 e. The van der Waals surface area contributed by atoms with Crippen LogP contribution in [-0.2, 0) is 11.2 Å². The Labute approximate surface area is 141 Å². The van der Waals surface area contributed by atoms with Crippen molar-refractivity contribution in [3.05, 3.63) is 54.0 Å². The number of aromatic nitrogens is 2. The van der Waals surface area contributed by atoms with Crippen LogP contribution in [-0.4, -0.2) is 22.4 Å². The molecular weight excluding hydrogens is 304 g/mol. The zero-order valence-electron chi connectivity index (χ0n) is 13.6. The van der Waals surface area contributed by atoms with E-state index in [9.17, 15) is 4.79 Å². The van der Waals surface area contributed by atoms with Crippen molar-refractivity contribution in [3.8, 4) is 0 Å². The second-order valence-electron chi connectivity index (χ2n) is 5.35. The fourth-order valence-corrected chi connectivity index (χ4v) is 2.51. The molecule has 2 heterocycles. The lowest BCUT2D eigenvalue weighted by Crippen LogP contribution is -2.33. The molecule has 24 heavy (non-hydrogen) atoms. The van der Waals surface area contributed by atoms with Gasteiger partial charge in [-0.25, -0.2) is 9.97 Å². The fraction of sp³-hybridized carbons (Fsp3) is 0.235. The van der Waals surface area contributed by atoms with E-state index >= 15 is 0 Å². The van der Waals surface area contributed by atoms with Crippen LogP contribution in [0.25, 0.3) is 5.70 Å². The summed E-state index contributed by atoms with van der Waals surface area (Å²) in [6.45, 7) is 2.39. The van der Waals surface area contributed by atoms with Crippen molar-refractivity contribution < 1.29 is 4.79 Å². The van der Waals surface area contributed by atoms with E-state index in [-0.39, 0.29) is 5.91 Å². The molecule has 126 valence electrons. The third kappa shape index (κ3) is 4.22. The Hall–Kier alpha value is -3.09. The zero-order valence-corrected chi connectivity index (χ0v) is 13.6. The van der Waals surface area contributed by atoms with E-state index in [1.807, 2.05) is 23.1 Å². The van der Waals surface area contributed by atoms with Crippen molar-refractivity contribution in [2.75, 3.05) is 17.2 Å². The lowest BCUT2D eigenvalue weighted by Gasteiger charge is -2.29. The summed E-state index contributed by atoms with van der Waals surface area (Å²) in [6, 6.07) is 7.58. The number of anilines is 2. The number of nitrogen functional groups attached to an aromatic ring is 1. The minimum atomic E-state index is 0.0843. The molecule has 1 aromatic carbocycles. The average Bonchev–Trinajstić information content (AvgIpc) is 2.61. The number of hydrogen-bond acceptors (Lipinski definition) is 6. The van der Waals surface area contributed by atoms with Gasteiger partial charge in [0.1, 0.15) is 0 Å². The second-order valence-corrected chi connectivity index (χ2v) is 5.35. The molecule has 7 heteroatoms. The maximum Gasteiger partial charge on any atom is 0.223 e. The summed E-state index contributed by atoms with van der Waals surface area (Å²) in [5.41, 5.74) is 20.0. The smallest absolute Gasteiger partial charge is 0.223 e. The van der Waals surface area contributed by atoms with E-state index in [2.05, 4.69) is 9.97 Å². The van der Waals surface area contributed by atoms with Gasteiger partial charge in [0.25, 0.3) is 0 Å². The van der Waals surface area contributed by atoms with Crippen LogP contribution in [0.5, 0.6) is 0 Å². The Bertz CT molecular complexity index is 729. The Balaban J connectivity index is 0.000000249. The van der Waals surface area contributed by atoms with Crippen molar-refractivity contribution in [1.82, 2.24) is 9.97 Å². The largest absolute Gasteiger partial charge is 0.403 e. The quantitative estimate of drug-likeness (QED) is 0.724. The molecule has 0 saturated carbocycles. The molecule has 6 N–H and O–H groups in total. The monoisotopic (exact) mass is 326 g/mol. The standard InChI is InChI=1S/C13H17N3O.C4H5N3/c1-9(17)16-6-2-3-11-7-10(12(15)8-14)4-5-13(11)16;5-4-6-2-1-3-7-4/h4-5,7-8H,2-3,6,14-15H2,1H3;1-3H,(H2,5,6,7)/b12-8-;. The van der Waals surface area contributed by atoms with Gasteiger partial charge >= 0.3 is 0 Å². The van der Waals surface area contributed by atoms with E-state index in [0.717, 1.165) is 36.2 Å². The van der Waals surface area contributed by atoms with Gasteiger partial charge in [-0.1, -0.05) is 6.07 Å². The Kier molecular flexibility index (Phi) is 5.73. The predicted octanol–water partition coefficient (Wildman–Crippen LogP) is 1.26. The minimum absolute atomic E-state index is 0.0843. The molecule has 0 unspecified atom stereocenters. The Morgan fingerprint density at radius 1 is 1.29 bits per heavy atom. The van der Waals surface area contributed by atoms with Crippen LogP contribution in [0.4, 0.5) is 11.6 Å². The summed E-state index contributed by atoms with van der Waals surface area (Å²) < 4.78 is 0. The molecule has 0 atom stereocenters. The van der Waals surface area contributed by atoms with Crippen molar-refractivity contribution in [1.29, 1.82) is 0 Å². The van der Waals surface area contributed by atoms with Gasteiger partial charge in [0, 0.05) is 37.7 Å². The lowest BCUT2D eigenvalue weighted by molar-refractivity contribution is -0.116. The average molecular weight is 326 g/mol. The summed E-state index contributed by atoms with van der Waals surface area (Å²) in [6.07, 6.45) is 6.56. The number of nitrogens with zero attached hydrogens (tertiary/aromatic N) is 3. The highest BCUT2D eigenvalue weighted by molar-refractivity contribution is 5.93. The van der Waals surface area contributed by atoms with Crippen LogP contribution in [0.3, 0.4) is 0 Å². The van der Waals surface area contributed by atoms with Crippen molar-refractivity contribution in [3.63, 3.8) is 0 Å². The molecule has 1 aromatic heterocycles.